The molecule has 0 saturated carbocycles. The third-order valence-corrected chi connectivity index (χ3v) is 3.20. The van der Waals surface area contributed by atoms with Gasteiger partial charge in [-0.25, -0.2) is 4.98 Å². The van der Waals surface area contributed by atoms with Crippen molar-refractivity contribution in [3.05, 3.63) is 22.4 Å². The lowest BCUT2D eigenvalue weighted by Gasteiger charge is -2.23. The van der Waals surface area contributed by atoms with E-state index in [1.54, 1.807) is 13.1 Å². The van der Waals surface area contributed by atoms with Crippen LogP contribution in [0.15, 0.2) is 16.9 Å². The van der Waals surface area contributed by atoms with Crippen molar-refractivity contribution in [2.24, 2.45) is 5.92 Å². The fraction of sp³-hybridized carbons (Fsp3) is 0.417. The molecule has 0 aliphatic carbocycles. The molecule has 2 heterocycles. The molecule has 1 N–H and O–H groups in total. The van der Waals surface area contributed by atoms with Gasteiger partial charge in [0.05, 0.1) is 30.8 Å². The molecular formula is C12H13BrN2O3. The van der Waals surface area contributed by atoms with Crippen LogP contribution in [0, 0.1) is 5.92 Å². The highest BCUT2D eigenvalue weighted by molar-refractivity contribution is 9.10. The number of esters is 1. The Balaban J connectivity index is 2.12. The van der Waals surface area contributed by atoms with Gasteiger partial charge in [0.15, 0.2) is 0 Å². The van der Waals surface area contributed by atoms with E-state index in [0.717, 1.165) is 5.56 Å². The lowest BCUT2D eigenvalue weighted by molar-refractivity contribution is -0.145. The van der Waals surface area contributed by atoms with Gasteiger partial charge in [0.25, 0.3) is 0 Å². The third-order valence-electron chi connectivity index (χ3n) is 2.77. The second kappa shape index (κ2) is 5.48. The Morgan fingerprint density at radius 2 is 2.44 bits per heavy atom. The van der Waals surface area contributed by atoms with Crippen LogP contribution in [-0.4, -0.2) is 23.5 Å². The molecule has 1 aliphatic heterocycles. The van der Waals surface area contributed by atoms with Crippen molar-refractivity contribution in [3.8, 4) is 0 Å². The summed E-state index contributed by atoms with van der Waals surface area (Å²) in [6.07, 6.45) is 2.25. The smallest absolute Gasteiger partial charge is 0.306 e. The Bertz CT molecular complexity index is 490. The number of anilines is 1. The minimum atomic E-state index is -0.370. The minimum Gasteiger partial charge on any atom is -0.466 e. The lowest BCUT2D eigenvalue weighted by Crippen LogP contribution is -2.32. The fourth-order valence-corrected chi connectivity index (χ4v) is 2.31. The molecule has 96 valence electrons. The predicted molar refractivity (Wildman–Crippen MR) is 69.0 cm³/mol. The van der Waals surface area contributed by atoms with Crippen LogP contribution in [0.5, 0.6) is 0 Å². The van der Waals surface area contributed by atoms with E-state index in [0.29, 0.717) is 23.3 Å². The molecule has 1 aliphatic rings. The van der Waals surface area contributed by atoms with Gasteiger partial charge in [0.2, 0.25) is 5.91 Å². The molecule has 1 aromatic rings. The summed E-state index contributed by atoms with van der Waals surface area (Å²) in [7, 11) is 0. The van der Waals surface area contributed by atoms with Crippen molar-refractivity contribution >= 4 is 33.5 Å². The molecule has 1 amide bonds. The topological polar surface area (TPSA) is 68.3 Å². The number of nitrogens with one attached hydrogen (secondary N) is 1. The van der Waals surface area contributed by atoms with Gasteiger partial charge in [0.1, 0.15) is 4.60 Å². The zero-order valence-electron chi connectivity index (χ0n) is 9.90. The number of hydrogen-bond acceptors (Lipinski definition) is 4. The molecule has 1 unspecified atom stereocenters. The molecule has 5 nitrogen and oxygen atoms in total. The highest BCUT2D eigenvalue weighted by Gasteiger charge is 2.28. The molecular weight excluding hydrogens is 300 g/mol. The average molecular weight is 313 g/mol. The Morgan fingerprint density at radius 3 is 3.17 bits per heavy atom. The quantitative estimate of drug-likeness (QED) is 0.684. The molecule has 0 aromatic carbocycles. The molecule has 0 bridgehead atoms. The van der Waals surface area contributed by atoms with Crippen LogP contribution in [0.2, 0.25) is 0 Å². The molecule has 1 aromatic heterocycles. The normalized spacial score (nSPS) is 17.9. The van der Waals surface area contributed by atoms with Gasteiger partial charge in [-0.2, -0.15) is 0 Å². The van der Waals surface area contributed by atoms with Crippen molar-refractivity contribution < 1.29 is 14.3 Å². The average Bonchev–Trinajstić information content (AvgIpc) is 2.31. The molecule has 0 fully saturated rings. The number of ether oxygens (including phenoxy) is 1. The van der Waals surface area contributed by atoms with E-state index in [1.807, 2.05) is 6.07 Å². The van der Waals surface area contributed by atoms with Crippen molar-refractivity contribution in [2.75, 3.05) is 11.9 Å². The van der Waals surface area contributed by atoms with Gasteiger partial charge in [-0.1, -0.05) is 0 Å². The number of fused-ring (bicyclic) bond motifs is 1. The van der Waals surface area contributed by atoms with Crippen LogP contribution >= 0.6 is 15.9 Å². The van der Waals surface area contributed by atoms with Crippen LogP contribution in [0.25, 0.3) is 0 Å². The monoisotopic (exact) mass is 312 g/mol. The number of aromatic nitrogens is 1. The maximum atomic E-state index is 11.8. The highest BCUT2D eigenvalue weighted by Crippen LogP contribution is 2.28. The highest BCUT2D eigenvalue weighted by atomic mass is 79.9. The SMILES string of the molecule is CCOC(=O)CC1Cc2cc(Br)ncc2NC1=O. The summed E-state index contributed by atoms with van der Waals surface area (Å²) >= 11 is 3.29. The Morgan fingerprint density at radius 1 is 1.67 bits per heavy atom. The van der Waals surface area contributed by atoms with Crippen molar-refractivity contribution in [1.82, 2.24) is 4.98 Å². The molecule has 6 heteroatoms. The zero-order chi connectivity index (χ0) is 13.1. The number of carbonyl (C=O) groups excluding carboxylic acids is 2. The van der Waals surface area contributed by atoms with Gasteiger partial charge in [-0.15, -0.1) is 0 Å². The summed E-state index contributed by atoms with van der Waals surface area (Å²) in [5.74, 6) is -0.861. The van der Waals surface area contributed by atoms with Crippen molar-refractivity contribution in [2.45, 2.75) is 19.8 Å². The van der Waals surface area contributed by atoms with Gasteiger partial charge in [0, 0.05) is 0 Å². The first-order valence-corrected chi connectivity index (χ1v) is 6.50. The number of amides is 1. The summed E-state index contributed by atoms with van der Waals surface area (Å²) in [4.78, 5) is 27.3. The summed E-state index contributed by atoms with van der Waals surface area (Å²) in [5, 5.41) is 2.75. The fourth-order valence-electron chi connectivity index (χ4n) is 1.93. The number of carbonyl (C=O) groups is 2. The van der Waals surface area contributed by atoms with Gasteiger partial charge in [-0.3, -0.25) is 9.59 Å². The van der Waals surface area contributed by atoms with Crippen LogP contribution < -0.4 is 5.32 Å². The number of nitrogens with zero attached hydrogens (tertiary/aromatic N) is 1. The molecule has 0 saturated heterocycles. The number of rotatable bonds is 3. The largest absolute Gasteiger partial charge is 0.466 e. The number of halogens is 1. The first-order chi connectivity index (χ1) is 8.60. The third kappa shape index (κ3) is 2.87. The van der Waals surface area contributed by atoms with E-state index >= 15 is 0 Å². The zero-order valence-corrected chi connectivity index (χ0v) is 11.5. The molecule has 0 radical (unpaired) electrons. The minimum absolute atomic E-state index is 0.110. The van der Waals surface area contributed by atoms with Crippen LogP contribution in [0.1, 0.15) is 18.9 Å². The molecule has 1 atom stereocenters. The predicted octanol–water partition coefficient (Wildman–Crippen LogP) is 1.91. The second-order valence-electron chi connectivity index (χ2n) is 4.06. The van der Waals surface area contributed by atoms with E-state index in [4.69, 9.17) is 4.74 Å². The standard InChI is InChI=1S/C12H13BrN2O3/c1-2-18-11(16)5-8-3-7-4-10(13)14-6-9(7)15-12(8)17/h4,6,8H,2-3,5H2,1H3,(H,15,17). The van der Waals surface area contributed by atoms with Crippen LogP contribution in [0.4, 0.5) is 5.69 Å². The first kappa shape index (κ1) is 13.0. The van der Waals surface area contributed by atoms with E-state index in [9.17, 15) is 9.59 Å². The van der Waals surface area contributed by atoms with Gasteiger partial charge in [-0.05, 0) is 40.9 Å². The molecule has 2 rings (SSSR count). The lowest BCUT2D eigenvalue weighted by atomic mass is 9.91. The van der Waals surface area contributed by atoms with Crippen LogP contribution in [-0.2, 0) is 20.7 Å². The van der Waals surface area contributed by atoms with Crippen molar-refractivity contribution in [1.29, 1.82) is 0 Å². The van der Waals surface area contributed by atoms with E-state index in [2.05, 4.69) is 26.2 Å². The summed E-state index contributed by atoms with van der Waals surface area (Å²) in [6, 6.07) is 1.85. The van der Waals surface area contributed by atoms with E-state index in [-0.39, 0.29) is 24.2 Å². The Hall–Kier alpha value is -1.43. The molecule has 18 heavy (non-hydrogen) atoms. The number of pyridine rings is 1. The summed E-state index contributed by atoms with van der Waals surface area (Å²) in [6.45, 7) is 2.08. The van der Waals surface area contributed by atoms with Crippen LogP contribution in [0.3, 0.4) is 0 Å². The maximum Gasteiger partial charge on any atom is 0.306 e. The summed E-state index contributed by atoms with van der Waals surface area (Å²) < 4.78 is 5.58. The summed E-state index contributed by atoms with van der Waals surface area (Å²) in [5.41, 5.74) is 1.69. The van der Waals surface area contributed by atoms with Crippen molar-refractivity contribution in [3.63, 3.8) is 0 Å². The number of hydrogen-bond donors (Lipinski definition) is 1. The molecule has 0 spiro atoms. The maximum absolute atomic E-state index is 11.8. The Labute approximate surface area is 113 Å². The van der Waals surface area contributed by atoms with Gasteiger partial charge < -0.3 is 10.1 Å². The van der Waals surface area contributed by atoms with Gasteiger partial charge >= 0.3 is 5.97 Å². The van der Waals surface area contributed by atoms with E-state index in [1.165, 1.54) is 0 Å². The first-order valence-electron chi connectivity index (χ1n) is 5.71. The second-order valence-corrected chi connectivity index (χ2v) is 4.88. The Kier molecular flexibility index (Phi) is 3.96. The van der Waals surface area contributed by atoms with E-state index < -0.39 is 0 Å².